The smallest absolute Gasteiger partial charge is 0.357 e. The number of nitrogens with zero attached hydrogens (tertiary/aromatic N) is 1. The van der Waals surface area contributed by atoms with Crippen molar-refractivity contribution < 1.29 is 14.6 Å². The van der Waals surface area contributed by atoms with Gasteiger partial charge in [0.15, 0.2) is 5.69 Å². The lowest BCUT2D eigenvalue weighted by atomic mass is 10.0. The minimum absolute atomic E-state index is 0.0588. The van der Waals surface area contributed by atoms with E-state index in [9.17, 15) is 4.79 Å². The predicted octanol–water partition coefficient (Wildman–Crippen LogP) is 2.78. The topological polar surface area (TPSA) is 71.5 Å². The van der Waals surface area contributed by atoms with Gasteiger partial charge in [0.25, 0.3) is 0 Å². The first-order chi connectivity index (χ1) is 9.25. The molecule has 2 N–H and O–H groups in total. The number of anilines is 1. The van der Waals surface area contributed by atoms with Gasteiger partial charge in [-0.1, -0.05) is 18.2 Å². The van der Waals surface area contributed by atoms with Crippen molar-refractivity contribution in [3.8, 4) is 5.75 Å². The van der Waals surface area contributed by atoms with Gasteiger partial charge in [0.2, 0.25) is 0 Å². The average molecular weight is 276 g/mol. The SMILES string of the molecule is O=C(O)c1ncsc1NC1CCOc2ccccc21. The zero-order valence-corrected chi connectivity index (χ0v) is 10.8. The lowest BCUT2D eigenvalue weighted by molar-refractivity contribution is 0.0692. The molecule has 1 atom stereocenters. The van der Waals surface area contributed by atoms with Gasteiger partial charge in [0.05, 0.1) is 18.2 Å². The molecule has 0 amide bonds. The molecule has 1 aromatic carbocycles. The molecular formula is C13H12N2O3S. The second-order valence-corrected chi connectivity index (χ2v) is 5.06. The number of carboxylic acid groups (broad SMARTS) is 1. The van der Waals surface area contributed by atoms with Crippen LogP contribution in [0.15, 0.2) is 29.8 Å². The second kappa shape index (κ2) is 4.89. The van der Waals surface area contributed by atoms with Crippen LogP contribution < -0.4 is 10.1 Å². The Labute approximate surface area is 113 Å². The van der Waals surface area contributed by atoms with Gasteiger partial charge in [0, 0.05) is 12.0 Å². The maximum absolute atomic E-state index is 11.0. The number of thiazole rings is 1. The highest BCUT2D eigenvalue weighted by Gasteiger charge is 2.23. The number of aromatic nitrogens is 1. The Bertz CT molecular complexity index is 611. The Morgan fingerprint density at radius 2 is 2.32 bits per heavy atom. The predicted molar refractivity (Wildman–Crippen MR) is 72.0 cm³/mol. The molecule has 0 aliphatic carbocycles. The molecule has 6 heteroatoms. The van der Waals surface area contributed by atoms with Crippen LogP contribution in [0.2, 0.25) is 0 Å². The molecule has 3 rings (SSSR count). The Morgan fingerprint density at radius 1 is 1.47 bits per heavy atom. The molecule has 0 saturated heterocycles. The van der Waals surface area contributed by atoms with Gasteiger partial charge in [-0.15, -0.1) is 11.3 Å². The van der Waals surface area contributed by atoms with Crippen molar-refractivity contribution in [3.63, 3.8) is 0 Å². The maximum atomic E-state index is 11.0. The summed E-state index contributed by atoms with van der Waals surface area (Å²) in [5.74, 6) is -0.156. The molecular weight excluding hydrogens is 264 g/mol. The molecule has 0 bridgehead atoms. The summed E-state index contributed by atoms with van der Waals surface area (Å²) in [6.07, 6.45) is 0.800. The van der Waals surface area contributed by atoms with Gasteiger partial charge in [-0.3, -0.25) is 0 Å². The van der Waals surface area contributed by atoms with E-state index >= 15 is 0 Å². The first kappa shape index (κ1) is 12.0. The summed E-state index contributed by atoms with van der Waals surface area (Å²) in [5, 5.41) is 12.9. The lowest BCUT2D eigenvalue weighted by Crippen LogP contribution is -2.20. The summed E-state index contributed by atoms with van der Waals surface area (Å²) < 4.78 is 5.58. The largest absolute Gasteiger partial charge is 0.493 e. The Kier molecular flexibility index (Phi) is 3.08. The highest BCUT2D eigenvalue weighted by Crippen LogP contribution is 2.35. The average Bonchev–Trinajstić information content (AvgIpc) is 2.87. The van der Waals surface area contributed by atoms with E-state index in [-0.39, 0.29) is 11.7 Å². The fourth-order valence-corrected chi connectivity index (χ4v) is 2.88. The second-order valence-electron chi connectivity index (χ2n) is 4.21. The molecule has 2 heterocycles. The maximum Gasteiger partial charge on any atom is 0.357 e. The number of hydrogen-bond donors (Lipinski definition) is 2. The van der Waals surface area contributed by atoms with E-state index in [1.807, 2.05) is 24.3 Å². The normalized spacial score (nSPS) is 17.4. The van der Waals surface area contributed by atoms with Crippen molar-refractivity contribution >= 4 is 22.3 Å². The van der Waals surface area contributed by atoms with Crippen LogP contribution in [0.25, 0.3) is 0 Å². The van der Waals surface area contributed by atoms with Gasteiger partial charge in [-0.25, -0.2) is 9.78 Å². The number of benzene rings is 1. The van der Waals surface area contributed by atoms with Crippen molar-refractivity contribution in [1.82, 2.24) is 4.98 Å². The molecule has 1 aromatic heterocycles. The fraction of sp³-hybridized carbons (Fsp3) is 0.231. The minimum atomic E-state index is -1.01. The molecule has 5 nitrogen and oxygen atoms in total. The number of rotatable bonds is 3. The minimum Gasteiger partial charge on any atom is -0.493 e. The summed E-state index contributed by atoms with van der Waals surface area (Å²) in [6.45, 7) is 0.621. The van der Waals surface area contributed by atoms with Crippen molar-refractivity contribution in [2.45, 2.75) is 12.5 Å². The third-order valence-corrected chi connectivity index (χ3v) is 3.79. The van der Waals surface area contributed by atoms with E-state index in [0.717, 1.165) is 17.7 Å². The molecule has 98 valence electrons. The van der Waals surface area contributed by atoms with Crippen LogP contribution in [-0.4, -0.2) is 22.7 Å². The van der Waals surface area contributed by atoms with E-state index in [2.05, 4.69) is 10.3 Å². The van der Waals surface area contributed by atoms with E-state index in [1.54, 1.807) is 0 Å². The molecule has 1 unspecified atom stereocenters. The highest BCUT2D eigenvalue weighted by molar-refractivity contribution is 7.14. The number of nitrogens with one attached hydrogen (secondary N) is 1. The number of fused-ring (bicyclic) bond motifs is 1. The Hall–Kier alpha value is -2.08. The van der Waals surface area contributed by atoms with Gasteiger partial charge < -0.3 is 15.2 Å². The van der Waals surface area contributed by atoms with Gasteiger partial charge in [-0.05, 0) is 6.07 Å². The molecule has 0 fully saturated rings. The highest BCUT2D eigenvalue weighted by atomic mass is 32.1. The fourth-order valence-electron chi connectivity index (χ4n) is 2.15. The number of carboxylic acids is 1. The molecule has 2 aromatic rings. The van der Waals surface area contributed by atoms with Crippen LogP contribution in [-0.2, 0) is 0 Å². The molecule has 1 aliphatic rings. The van der Waals surface area contributed by atoms with Crippen molar-refractivity contribution in [2.24, 2.45) is 0 Å². The molecule has 1 aliphatic heterocycles. The van der Waals surface area contributed by atoms with Crippen LogP contribution in [0.4, 0.5) is 5.00 Å². The lowest BCUT2D eigenvalue weighted by Gasteiger charge is -2.26. The van der Waals surface area contributed by atoms with E-state index in [1.165, 1.54) is 16.8 Å². The van der Waals surface area contributed by atoms with Crippen LogP contribution in [0.1, 0.15) is 28.5 Å². The quantitative estimate of drug-likeness (QED) is 0.902. The van der Waals surface area contributed by atoms with Gasteiger partial charge in [-0.2, -0.15) is 0 Å². The van der Waals surface area contributed by atoms with Crippen molar-refractivity contribution in [2.75, 3.05) is 11.9 Å². The number of carbonyl (C=O) groups is 1. The third kappa shape index (κ3) is 2.26. The summed E-state index contributed by atoms with van der Waals surface area (Å²) in [7, 11) is 0. The van der Waals surface area contributed by atoms with Gasteiger partial charge in [0.1, 0.15) is 10.8 Å². The van der Waals surface area contributed by atoms with Crippen LogP contribution in [0.5, 0.6) is 5.75 Å². The summed E-state index contributed by atoms with van der Waals surface area (Å²) in [4.78, 5) is 14.9. The number of aromatic carboxylic acids is 1. The third-order valence-electron chi connectivity index (χ3n) is 3.03. The first-order valence-electron chi connectivity index (χ1n) is 5.91. The zero-order chi connectivity index (χ0) is 13.2. The molecule has 0 spiro atoms. The summed E-state index contributed by atoms with van der Waals surface area (Å²) >= 11 is 1.30. The summed E-state index contributed by atoms with van der Waals surface area (Å²) in [5.41, 5.74) is 2.67. The van der Waals surface area contributed by atoms with Gasteiger partial charge >= 0.3 is 5.97 Å². The van der Waals surface area contributed by atoms with Crippen LogP contribution in [0, 0.1) is 0 Å². The molecule has 0 radical (unpaired) electrons. The Morgan fingerprint density at radius 3 is 3.16 bits per heavy atom. The zero-order valence-electron chi connectivity index (χ0n) is 10.00. The van der Waals surface area contributed by atoms with Crippen molar-refractivity contribution in [3.05, 3.63) is 41.0 Å². The van der Waals surface area contributed by atoms with Crippen molar-refractivity contribution in [1.29, 1.82) is 0 Å². The van der Waals surface area contributed by atoms with E-state index in [4.69, 9.17) is 9.84 Å². The Balaban J connectivity index is 1.89. The summed E-state index contributed by atoms with van der Waals surface area (Å²) in [6, 6.07) is 7.86. The number of ether oxygens (including phenoxy) is 1. The first-order valence-corrected chi connectivity index (χ1v) is 6.78. The number of hydrogen-bond acceptors (Lipinski definition) is 5. The van der Waals surface area contributed by atoms with Crippen LogP contribution in [0.3, 0.4) is 0 Å². The van der Waals surface area contributed by atoms with E-state index < -0.39 is 5.97 Å². The number of para-hydroxylation sites is 1. The molecule has 0 saturated carbocycles. The molecule has 19 heavy (non-hydrogen) atoms. The van der Waals surface area contributed by atoms with E-state index in [0.29, 0.717) is 11.6 Å². The van der Waals surface area contributed by atoms with Crippen LogP contribution >= 0.6 is 11.3 Å². The standard InChI is InChI=1S/C13H12N2O3S/c16-13(17)11-12(19-7-14-11)15-9-5-6-18-10-4-2-1-3-8(9)10/h1-4,7,9,15H,5-6H2,(H,16,17). The monoisotopic (exact) mass is 276 g/mol.